The van der Waals surface area contributed by atoms with Crippen LogP contribution in [-0.4, -0.2) is 5.78 Å². The lowest BCUT2D eigenvalue weighted by Crippen LogP contribution is -2.03. The molecule has 2 rings (SSSR count). The van der Waals surface area contributed by atoms with Crippen molar-refractivity contribution in [3.63, 3.8) is 0 Å². The highest BCUT2D eigenvalue weighted by Crippen LogP contribution is 2.23. The summed E-state index contributed by atoms with van der Waals surface area (Å²) in [7, 11) is 0. The van der Waals surface area contributed by atoms with Crippen LogP contribution in [0.5, 0.6) is 0 Å². The summed E-state index contributed by atoms with van der Waals surface area (Å²) in [5, 5.41) is 0.983. The number of hydrogen-bond donors (Lipinski definition) is 0. The van der Waals surface area contributed by atoms with E-state index in [4.69, 9.17) is 23.2 Å². The molecular formula is C17H16Cl2O. The summed E-state index contributed by atoms with van der Waals surface area (Å²) in [6.45, 7) is 4.26. The van der Waals surface area contributed by atoms with Crippen molar-refractivity contribution in [3.05, 3.63) is 69.2 Å². The summed E-state index contributed by atoms with van der Waals surface area (Å²) in [6, 6.07) is 13.1. The van der Waals surface area contributed by atoms with Crippen LogP contribution in [0.25, 0.3) is 0 Å². The summed E-state index contributed by atoms with van der Waals surface area (Å²) in [5.41, 5.74) is 2.83. The Balaban J connectivity index is 2.13. The molecule has 0 amide bonds. The number of carbonyl (C=O) groups excluding carboxylic acids is 1. The normalized spacial score (nSPS) is 10.8. The minimum Gasteiger partial charge on any atom is -0.294 e. The average molecular weight is 307 g/mol. The van der Waals surface area contributed by atoms with Crippen LogP contribution in [0, 0.1) is 0 Å². The molecule has 0 atom stereocenters. The monoisotopic (exact) mass is 306 g/mol. The Morgan fingerprint density at radius 3 is 2.20 bits per heavy atom. The fourth-order valence-electron chi connectivity index (χ4n) is 1.99. The summed E-state index contributed by atoms with van der Waals surface area (Å²) in [4.78, 5) is 12.2. The van der Waals surface area contributed by atoms with Gasteiger partial charge in [-0.25, -0.2) is 0 Å². The van der Waals surface area contributed by atoms with Gasteiger partial charge < -0.3 is 0 Å². The Kier molecular flexibility index (Phi) is 4.85. The zero-order valence-electron chi connectivity index (χ0n) is 11.5. The van der Waals surface area contributed by atoms with Crippen LogP contribution in [0.3, 0.4) is 0 Å². The number of halogens is 2. The lowest BCUT2D eigenvalue weighted by molar-refractivity contribution is 0.0993. The average Bonchev–Trinajstić information content (AvgIpc) is 2.43. The summed E-state index contributed by atoms with van der Waals surface area (Å²) in [5.74, 6) is 0.549. The molecule has 0 heterocycles. The van der Waals surface area contributed by atoms with Crippen molar-refractivity contribution < 1.29 is 4.79 Å². The Bertz CT molecular complexity index is 615. The zero-order valence-corrected chi connectivity index (χ0v) is 13.0. The number of Topliss-reactive ketones (excluding diaryl/α,β-unsaturated/α-hetero) is 1. The Morgan fingerprint density at radius 1 is 1.00 bits per heavy atom. The van der Waals surface area contributed by atoms with Gasteiger partial charge in [0, 0.05) is 12.0 Å². The molecule has 2 aromatic carbocycles. The van der Waals surface area contributed by atoms with Crippen LogP contribution in [0.2, 0.25) is 10.0 Å². The second kappa shape index (κ2) is 6.43. The van der Waals surface area contributed by atoms with Gasteiger partial charge >= 0.3 is 0 Å². The van der Waals surface area contributed by atoms with Gasteiger partial charge in [0.15, 0.2) is 5.78 Å². The van der Waals surface area contributed by atoms with Crippen molar-refractivity contribution in [1.82, 2.24) is 0 Å². The number of benzene rings is 2. The highest BCUT2D eigenvalue weighted by molar-refractivity contribution is 6.42. The molecule has 0 bridgehead atoms. The SMILES string of the molecule is CC(C)c1ccc(C(=O)Cc2ccc(Cl)c(Cl)c2)cc1. The number of ketones is 1. The van der Waals surface area contributed by atoms with E-state index >= 15 is 0 Å². The van der Waals surface area contributed by atoms with E-state index in [-0.39, 0.29) is 5.78 Å². The van der Waals surface area contributed by atoms with E-state index in [0.29, 0.717) is 22.4 Å². The largest absolute Gasteiger partial charge is 0.294 e. The van der Waals surface area contributed by atoms with Crippen molar-refractivity contribution in [3.8, 4) is 0 Å². The van der Waals surface area contributed by atoms with Gasteiger partial charge in [-0.05, 0) is 29.2 Å². The first-order valence-electron chi connectivity index (χ1n) is 6.54. The minimum absolute atomic E-state index is 0.0821. The third-order valence-corrected chi connectivity index (χ3v) is 3.99. The molecule has 0 aromatic heterocycles. The van der Waals surface area contributed by atoms with Crippen LogP contribution >= 0.6 is 23.2 Å². The fraction of sp³-hybridized carbons (Fsp3) is 0.235. The van der Waals surface area contributed by atoms with Crippen molar-refractivity contribution in [2.75, 3.05) is 0 Å². The predicted molar refractivity (Wildman–Crippen MR) is 85.0 cm³/mol. The van der Waals surface area contributed by atoms with Crippen molar-refractivity contribution in [1.29, 1.82) is 0 Å². The van der Waals surface area contributed by atoms with Gasteiger partial charge in [0.05, 0.1) is 10.0 Å². The number of carbonyl (C=O) groups is 1. The maximum Gasteiger partial charge on any atom is 0.167 e. The van der Waals surface area contributed by atoms with Crippen LogP contribution in [0.4, 0.5) is 0 Å². The van der Waals surface area contributed by atoms with Gasteiger partial charge in [0.2, 0.25) is 0 Å². The molecule has 0 spiro atoms. The zero-order chi connectivity index (χ0) is 14.7. The van der Waals surface area contributed by atoms with Crippen LogP contribution in [0.1, 0.15) is 41.3 Å². The summed E-state index contributed by atoms with van der Waals surface area (Å²) in [6.07, 6.45) is 0.331. The first-order valence-corrected chi connectivity index (χ1v) is 7.30. The van der Waals surface area contributed by atoms with Crippen molar-refractivity contribution in [2.45, 2.75) is 26.2 Å². The second-order valence-corrected chi connectivity index (χ2v) is 5.94. The maximum absolute atomic E-state index is 12.2. The van der Waals surface area contributed by atoms with E-state index < -0.39 is 0 Å². The smallest absolute Gasteiger partial charge is 0.167 e. The molecule has 0 aliphatic rings. The molecule has 104 valence electrons. The Morgan fingerprint density at radius 2 is 1.65 bits per heavy atom. The van der Waals surface area contributed by atoms with Gasteiger partial charge in [0.25, 0.3) is 0 Å². The van der Waals surface area contributed by atoms with Gasteiger partial charge in [-0.15, -0.1) is 0 Å². The predicted octanol–water partition coefficient (Wildman–Crippen LogP) is 5.54. The molecule has 0 saturated carbocycles. The topological polar surface area (TPSA) is 17.1 Å². The molecule has 0 unspecified atom stereocenters. The molecule has 20 heavy (non-hydrogen) atoms. The van der Waals surface area contributed by atoms with Crippen molar-refractivity contribution in [2.24, 2.45) is 0 Å². The summed E-state index contributed by atoms with van der Waals surface area (Å²) < 4.78 is 0. The van der Waals surface area contributed by atoms with Crippen LogP contribution in [0.15, 0.2) is 42.5 Å². The standard InChI is InChI=1S/C17H16Cl2O/c1-11(2)13-4-6-14(7-5-13)17(20)10-12-3-8-15(18)16(19)9-12/h3-9,11H,10H2,1-2H3. The molecule has 0 saturated heterocycles. The second-order valence-electron chi connectivity index (χ2n) is 5.13. The number of rotatable bonds is 4. The quantitative estimate of drug-likeness (QED) is 0.678. The fourth-order valence-corrected chi connectivity index (χ4v) is 2.31. The number of hydrogen-bond acceptors (Lipinski definition) is 1. The molecule has 0 aliphatic carbocycles. The highest BCUT2D eigenvalue weighted by atomic mass is 35.5. The lowest BCUT2D eigenvalue weighted by Gasteiger charge is -2.07. The van der Waals surface area contributed by atoms with Crippen LogP contribution < -0.4 is 0 Å². The van der Waals surface area contributed by atoms with E-state index in [2.05, 4.69) is 13.8 Å². The minimum atomic E-state index is 0.0821. The Labute approximate surface area is 129 Å². The molecule has 0 fully saturated rings. The van der Waals surface area contributed by atoms with Gasteiger partial charge in [-0.3, -0.25) is 4.79 Å². The first-order chi connectivity index (χ1) is 9.47. The van der Waals surface area contributed by atoms with Gasteiger partial charge in [0.1, 0.15) is 0 Å². The van der Waals surface area contributed by atoms with Crippen molar-refractivity contribution >= 4 is 29.0 Å². The summed E-state index contributed by atoms with van der Waals surface area (Å²) >= 11 is 11.8. The molecule has 0 aliphatic heterocycles. The van der Waals surface area contributed by atoms with Crippen LogP contribution in [-0.2, 0) is 6.42 Å². The molecule has 3 heteroatoms. The van der Waals surface area contributed by atoms with E-state index in [0.717, 1.165) is 11.1 Å². The third-order valence-electron chi connectivity index (χ3n) is 3.25. The van der Waals surface area contributed by atoms with E-state index in [1.807, 2.05) is 30.3 Å². The van der Waals surface area contributed by atoms with Gasteiger partial charge in [-0.2, -0.15) is 0 Å². The van der Waals surface area contributed by atoms with E-state index in [1.165, 1.54) is 5.56 Å². The molecule has 0 N–H and O–H groups in total. The molecule has 1 nitrogen and oxygen atoms in total. The van der Waals surface area contributed by atoms with Gasteiger partial charge in [-0.1, -0.05) is 67.4 Å². The maximum atomic E-state index is 12.2. The molecule has 2 aromatic rings. The Hall–Kier alpha value is -1.31. The lowest BCUT2D eigenvalue weighted by atomic mass is 9.98. The molecule has 0 radical (unpaired) electrons. The third kappa shape index (κ3) is 3.62. The van der Waals surface area contributed by atoms with E-state index in [9.17, 15) is 4.79 Å². The van der Waals surface area contributed by atoms with E-state index in [1.54, 1.807) is 12.1 Å². The molecular weight excluding hydrogens is 291 g/mol. The highest BCUT2D eigenvalue weighted by Gasteiger charge is 2.09. The first kappa shape index (κ1) is 15.1.